The zero-order valence-corrected chi connectivity index (χ0v) is 11.0. The van der Waals surface area contributed by atoms with Crippen molar-refractivity contribution in [1.82, 2.24) is 20.3 Å². The molecule has 2 aromatic rings. The predicted molar refractivity (Wildman–Crippen MR) is 68.9 cm³/mol. The first-order valence-corrected chi connectivity index (χ1v) is 6.47. The van der Waals surface area contributed by atoms with Crippen LogP contribution in [0.3, 0.4) is 0 Å². The van der Waals surface area contributed by atoms with E-state index in [1.54, 1.807) is 6.26 Å². The molecule has 0 bridgehead atoms. The standard InChI is InChI=1S/C13H20N4O/c1-3-13(4-2)17-7-5-11(15-17)9-14-10-12-6-8-18-16-12/h5-8,13-14H,3-4,9-10H2,1-2H3. The van der Waals surface area contributed by atoms with Crippen molar-refractivity contribution in [3.05, 3.63) is 36.0 Å². The second-order valence-corrected chi connectivity index (χ2v) is 4.35. The normalized spacial score (nSPS) is 11.3. The van der Waals surface area contributed by atoms with E-state index in [1.165, 1.54) is 0 Å². The molecule has 2 heterocycles. The summed E-state index contributed by atoms with van der Waals surface area (Å²) < 4.78 is 6.83. The number of hydrogen-bond acceptors (Lipinski definition) is 4. The Morgan fingerprint density at radius 1 is 1.22 bits per heavy atom. The molecule has 0 saturated carbocycles. The van der Waals surface area contributed by atoms with E-state index in [2.05, 4.69) is 46.4 Å². The molecule has 0 atom stereocenters. The lowest BCUT2D eigenvalue weighted by molar-refractivity contribution is 0.407. The summed E-state index contributed by atoms with van der Waals surface area (Å²) in [5.41, 5.74) is 1.97. The van der Waals surface area contributed by atoms with Gasteiger partial charge in [-0.1, -0.05) is 19.0 Å². The summed E-state index contributed by atoms with van der Waals surface area (Å²) in [6, 6.07) is 4.43. The fourth-order valence-electron chi connectivity index (χ4n) is 1.99. The Hall–Kier alpha value is -1.62. The predicted octanol–water partition coefficient (Wildman–Crippen LogP) is 2.52. The van der Waals surface area contributed by atoms with Crippen molar-refractivity contribution >= 4 is 0 Å². The van der Waals surface area contributed by atoms with Crippen molar-refractivity contribution in [2.24, 2.45) is 0 Å². The Kier molecular flexibility index (Phi) is 4.52. The number of aromatic nitrogens is 3. The van der Waals surface area contributed by atoms with Crippen molar-refractivity contribution < 1.29 is 4.52 Å². The molecule has 2 rings (SSSR count). The topological polar surface area (TPSA) is 55.9 Å². The second kappa shape index (κ2) is 6.35. The van der Waals surface area contributed by atoms with Gasteiger partial charge in [-0.15, -0.1) is 0 Å². The summed E-state index contributed by atoms with van der Waals surface area (Å²) in [6.45, 7) is 5.84. The van der Waals surface area contributed by atoms with Crippen LogP contribution in [0.25, 0.3) is 0 Å². The third kappa shape index (κ3) is 3.20. The van der Waals surface area contributed by atoms with E-state index in [-0.39, 0.29) is 0 Å². The van der Waals surface area contributed by atoms with Gasteiger partial charge in [-0.05, 0) is 18.9 Å². The van der Waals surface area contributed by atoms with Crippen molar-refractivity contribution in [2.45, 2.75) is 45.8 Å². The van der Waals surface area contributed by atoms with Crippen LogP contribution in [0.5, 0.6) is 0 Å². The van der Waals surface area contributed by atoms with Gasteiger partial charge in [0.2, 0.25) is 0 Å². The Morgan fingerprint density at radius 3 is 2.67 bits per heavy atom. The minimum atomic E-state index is 0.509. The molecule has 2 aromatic heterocycles. The molecular formula is C13H20N4O. The van der Waals surface area contributed by atoms with Crippen LogP contribution in [0, 0.1) is 0 Å². The van der Waals surface area contributed by atoms with Crippen molar-refractivity contribution in [3.63, 3.8) is 0 Å². The lowest BCUT2D eigenvalue weighted by atomic mass is 10.2. The van der Waals surface area contributed by atoms with Crippen molar-refractivity contribution in [3.8, 4) is 0 Å². The zero-order chi connectivity index (χ0) is 12.8. The van der Waals surface area contributed by atoms with E-state index in [0.717, 1.165) is 30.8 Å². The highest BCUT2D eigenvalue weighted by Gasteiger charge is 2.07. The Bertz CT molecular complexity index is 445. The maximum atomic E-state index is 4.77. The number of nitrogens with zero attached hydrogens (tertiary/aromatic N) is 3. The Balaban J connectivity index is 1.83. The van der Waals surface area contributed by atoms with Gasteiger partial charge in [-0.25, -0.2) is 0 Å². The van der Waals surface area contributed by atoms with Gasteiger partial charge in [-0.3, -0.25) is 4.68 Å². The third-order valence-electron chi connectivity index (χ3n) is 3.08. The summed E-state index contributed by atoms with van der Waals surface area (Å²) in [5, 5.41) is 11.7. The van der Waals surface area contributed by atoms with Gasteiger partial charge in [0.1, 0.15) is 6.26 Å². The molecule has 0 unspecified atom stereocenters. The van der Waals surface area contributed by atoms with Crippen LogP contribution in [0.2, 0.25) is 0 Å². The van der Waals surface area contributed by atoms with Gasteiger partial charge in [0.15, 0.2) is 0 Å². The van der Waals surface area contributed by atoms with Crippen LogP contribution in [0.15, 0.2) is 29.1 Å². The average Bonchev–Trinajstić information content (AvgIpc) is 3.03. The van der Waals surface area contributed by atoms with E-state index in [1.807, 2.05) is 6.07 Å². The number of nitrogens with one attached hydrogen (secondary N) is 1. The molecule has 98 valence electrons. The molecule has 0 amide bonds. The van der Waals surface area contributed by atoms with Crippen LogP contribution < -0.4 is 5.32 Å². The lowest BCUT2D eigenvalue weighted by Gasteiger charge is -2.12. The van der Waals surface area contributed by atoms with Crippen LogP contribution >= 0.6 is 0 Å². The monoisotopic (exact) mass is 248 g/mol. The van der Waals surface area contributed by atoms with Crippen LogP contribution in [0.1, 0.15) is 44.1 Å². The molecule has 0 aliphatic rings. The average molecular weight is 248 g/mol. The quantitative estimate of drug-likeness (QED) is 0.818. The van der Waals surface area contributed by atoms with Crippen molar-refractivity contribution in [2.75, 3.05) is 0 Å². The van der Waals surface area contributed by atoms with Crippen molar-refractivity contribution in [1.29, 1.82) is 0 Å². The minimum absolute atomic E-state index is 0.509. The largest absolute Gasteiger partial charge is 0.364 e. The fourth-order valence-corrected chi connectivity index (χ4v) is 1.99. The molecule has 0 aliphatic heterocycles. The van der Waals surface area contributed by atoms with Gasteiger partial charge in [0, 0.05) is 25.4 Å². The molecule has 0 radical (unpaired) electrons. The van der Waals surface area contributed by atoms with E-state index >= 15 is 0 Å². The summed E-state index contributed by atoms with van der Waals surface area (Å²) in [6.07, 6.45) is 5.87. The number of rotatable bonds is 7. The highest BCUT2D eigenvalue weighted by atomic mass is 16.5. The zero-order valence-electron chi connectivity index (χ0n) is 11.0. The van der Waals surface area contributed by atoms with Gasteiger partial charge in [-0.2, -0.15) is 5.10 Å². The molecule has 0 aromatic carbocycles. The molecule has 0 aliphatic carbocycles. The minimum Gasteiger partial charge on any atom is -0.364 e. The maximum Gasteiger partial charge on any atom is 0.124 e. The molecule has 0 spiro atoms. The highest BCUT2D eigenvalue weighted by Crippen LogP contribution is 2.14. The number of hydrogen-bond donors (Lipinski definition) is 1. The molecular weight excluding hydrogens is 228 g/mol. The van der Waals surface area contributed by atoms with E-state index in [4.69, 9.17) is 4.52 Å². The highest BCUT2D eigenvalue weighted by molar-refractivity contribution is 5.00. The Morgan fingerprint density at radius 2 is 2.00 bits per heavy atom. The van der Waals surface area contributed by atoms with E-state index in [9.17, 15) is 0 Å². The fraction of sp³-hybridized carbons (Fsp3) is 0.538. The third-order valence-corrected chi connectivity index (χ3v) is 3.08. The van der Waals surface area contributed by atoms with E-state index in [0.29, 0.717) is 12.6 Å². The SMILES string of the molecule is CCC(CC)n1ccc(CNCc2ccon2)n1. The first-order chi connectivity index (χ1) is 8.83. The van der Waals surface area contributed by atoms with Gasteiger partial charge >= 0.3 is 0 Å². The summed E-state index contributed by atoms with van der Waals surface area (Å²) in [5.74, 6) is 0. The molecule has 5 heteroatoms. The molecule has 5 nitrogen and oxygen atoms in total. The van der Waals surface area contributed by atoms with Gasteiger partial charge in [0.05, 0.1) is 17.4 Å². The van der Waals surface area contributed by atoms with Gasteiger partial charge < -0.3 is 9.84 Å². The second-order valence-electron chi connectivity index (χ2n) is 4.35. The Labute approximate surface area is 107 Å². The molecule has 1 N–H and O–H groups in total. The van der Waals surface area contributed by atoms with Crippen LogP contribution in [-0.4, -0.2) is 14.9 Å². The summed E-state index contributed by atoms with van der Waals surface area (Å²) in [7, 11) is 0. The first kappa shape index (κ1) is 12.8. The molecule has 0 fully saturated rings. The summed E-state index contributed by atoms with van der Waals surface area (Å²) in [4.78, 5) is 0. The van der Waals surface area contributed by atoms with Crippen LogP contribution in [0.4, 0.5) is 0 Å². The lowest BCUT2D eigenvalue weighted by Crippen LogP contribution is -2.14. The van der Waals surface area contributed by atoms with Gasteiger partial charge in [0.25, 0.3) is 0 Å². The molecule has 0 saturated heterocycles. The smallest absolute Gasteiger partial charge is 0.124 e. The van der Waals surface area contributed by atoms with E-state index < -0.39 is 0 Å². The molecule has 18 heavy (non-hydrogen) atoms. The van der Waals surface area contributed by atoms with Crippen LogP contribution in [-0.2, 0) is 13.1 Å². The summed E-state index contributed by atoms with van der Waals surface area (Å²) >= 11 is 0. The first-order valence-electron chi connectivity index (χ1n) is 6.47. The maximum absolute atomic E-state index is 4.77.